The second kappa shape index (κ2) is 16.2. The Morgan fingerprint density at radius 1 is 0.425 bits per heavy atom. The summed E-state index contributed by atoms with van der Waals surface area (Å²) in [5.74, 6) is 4.11. The minimum atomic E-state index is -0.126. The van der Waals surface area contributed by atoms with E-state index in [9.17, 15) is 0 Å². The molecule has 8 aromatic carbocycles. The Kier molecular flexibility index (Phi) is 9.45. The third kappa shape index (κ3) is 6.58. The van der Waals surface area contributed by atoms with Crippen molar-refractivity contribution >= 4 is 69.7 Å². The van der Waals surface area contributed by atoms with Gasteiger partial charge in [-0.25, -0.2) is 0 Å². The third-order valence-corrected chi connectivity index (χ3v) is 17.4. The molecule has 0 fully saturated rings. The highest BCUT2D eigenvalue weighted by Gasteiger charge is 2.41. The summed E-state index contributed by atoms with van der Waals surface area (Å²) in [6, 6.07) is 62.9. The lowest BCUT2D eigenvalue weighted by Gasteiger charge is -2.33. The van der Waals surface area contributed by atoms with E-state index in [1.165, 1.54) is 41.5 Å². The van der Waals surface area contributed by atoms with Gasteiger partial charge >= 0.3 is 0 Å². The largest absolute Gasteiger partial charge is 0.464 e. The SMILES string of the molecule is Cc1c(-c2ccccc2)[n+](C)[c-]n1-c1ccc2c(c1)B1c3cc(-c4coc(-c5ccc6c(c5)B5c7cc(-n8[c-][n+](C)c(-c9ccccc9)c8C)ccc7Sc7cccc(c75)S6)c4)ccc3Oc3cccc(c31)O2. The molecule has 11 aromatic rings. The van der Waals surface area contributed by atoms with Crippen LogP contribution in [0.3, 0.4) is 0 Å². The van der Waals surface area contributed by atoms with Crippen molar-refractivity contribution in [1.82, 2.24) is 9.13 Å². The second-order valence-corrected chi connectivity index (χ2v) is 21.5. The first-order chi connectivity index (χ1) is 35.8. The summed E-state index contributed by atoms with van der Waals surface area (Å²) in [6.45, 7) is 4.27. The standard InChI is InChI=1S/C62H42B2N4O3S2/c1-37-61(39-13-7-5-8-14-39)65(3)35-67(37)44-23-26-51-47(32-44)63-46-29-41(21-25-50(46)70-52-17-11-18-53(71-51)59(52)63)43-31-54(69-34-43)42-22-27-55-48(30-42)64-49-33-45(24-28-56(49)73-58-20-12-19-57(72-55)60(58)64)68-36-66(4)62(38(68)2)40-15-9-6-10-16-40/h5-34H,1-4H3. The molecular formula is C62H42B2N4O3S2. The zero-order chi connectivity index (χ0) is 48.6. The van der Waals surface area contributed by atoms with Crippen molar-refractivity contribution < 1.29 is 23.0 Å². The van der Waals surface area contributed by atoms with Crippen molar-refractivity contribution in [3.05, 3.63) is 206 Å². The van der Waals surface area contributed by atoms with Gasteiger partial charge in [0, 0.05) is 47.6 Å². The smallest absolute Gasteiger partial charge is 0.259 e. The van der Waals surface area contributed by atoms with Crippen molar-refractivity contribution in [1.29, 1.82) is 0 Å². The maximum Gasteiger partial charge on any atom is 0.259 e. The Labute approximate surface area is 432 Å². The van der Waals surface area contributed by atoms with E-state index in [1.54, 1.807) is 0 Å². The maximum absolute atomic E-state index is 6.68. The van der Waals surface area contributed by atoms with Crippen molar-refractivity contribution in [2.24, 2.45) is 14.1 Å². The molecule has 0 unspecified atom stereocenters. The number of furan rings is 1. The fourth-order valence-electron chi connectivity index (χ4n) is 11.8. The van der Waals surface area contributed by atoms with E-state index in [0.29, 0.717) is 0 Å². The lowest BCUT2D eigenvalue weighted by atomic mass is 9.34. The first-order valence-electron chi connectivity index (χ1n) is 24.6. The molecule has 15 rings (SSSR count). The predicted octanol–water partition coefficient (Wildman–Crippen LogP) is 9.57. The number of aromatic nitrogens is 4. The van der Waals surface area contributed by atoms with E-state index in [1.807, 2.05) is 48.0 Å². The van der Waals surface area contributed by atoms with Crippen LogP contribution in [-0.2, 0) is 14.1 Å². The first-order valence-corrected chi connectivity index (χ1v) is 26.2. The van der Waals surface area contributed by atoms with Crippen LogP contribution in [-0.4, -0.2) is 22.6 Å². The summed E-state index contributed by atoms with van der Waals surface area (Å²) < 4.78 is 28.5. The minimum absolute atomic E-state index is 0.0514. The molecule has 4 aliphatic heterocycles. The van der Waals surface area contributed by atoms with Crippen LogP contribution >= 0.6 is 23.5 Å². The maximum atomic E-state index is 6.68. The number of benzene rings is 8. The monoisotopic (exact) mass is 976 g/mol. The Bertz CT molecular complexity index is 3830. The van der Waals surface area contributed by atoms with Crippen LogP contribution in [0.5, 0.6) is 23.0 Å². The first kappa shape index (κ1) is 42.6. The topological polar surface area (TPSA) is 49.2 Å². The van der Waals surface area contributed by atoms with Gasteiger partial charge in [-0.2, -0.15) is 0 Å². The summed E-state index contributed by atoms with van der Waals surface area (Å²) in [7, 11) is 4.14. The molecule has 73 heavy (non-hydrogen) atoms. The zero-order valence-electron chi connectivity index (χ0n) is 40.3. The molecule has 0 saturated carbocycles. The Morgan fingerprint density at radius 2 is 0.932 bits per heavy atom. The van der Waals surface area contributed by atoms with Crippen molar-refractivity contribution in [2.45, 2.75) is 33.4 Å². The molecule has 0 saturated heterocycles. The molecule has 0 bridgehead atoms. The number of rotatable bonds is 6. The average Bonchev–Trinajstić information content (AvgIpc) is 4.13. The van der Waals surface area contributed by atoms with E-state index in [2.05, 4.69) is 217 Å². The van der Waals surface area contributed by atoms with E-state index in [4.69, 9.17) is 13.9 Å². The fraction of sp³-hybridized carbons (Fsp3) is 0.0645. The highest BCUT2D eigenvalue weighted by Crippen LogP contribution is 2.41. The molecule has 0 aliphatic carbocycles. The van der Waals surface area contributed by atoms with E-state index >= 15 is 0 Å². The Morgan fingerprint density at radius 3 is 1.58 bits per heavy atom. The number of aryl methyl sites for hydroxylation is 2. The van der Waals surface area contributed by atoms with Gasteiger partial charge < -0.3 is 32.2 Å². The van der Waals surface area contributed by atoms with Crippen LogP contribution in [0, 0.1) is 26.5 Å². The van der Waals surface area contributed by atoms with Crippen LogP contribution in [0.1, 0.15) is 11.4 Å². The zero-order valence-corrected chi connectivity index (χ0v) is 41.9. The molecular weight excluding hydrogens is 934 g/mol. The molecule has 0 atom stereocenters. The lowest BCUT2D eigenvalue weighted by molar-refractivity contribution is -0.664. The highest BCUT2D eigenvalue weighted by molar-refractivity contribution is 8.01. The molecule has 7 heterocycles. The predicted molar refractivity (Wildman–Crippen MR) is 292 cm³/mol. The van der Waals surface area contributed by atoms with Crippen molar-refractivity contribution in [3.8, 4) is 79.3 Å². The van der Waals surface area contributed by atoms with Crippen molar-refractivity contribution in [3.63, 3.8) is 0 Å². The van der Waals surface area contributed by atoms with Gasteiger partial charge in [0.15, 0.2) is 0 Å². The summed E-state index contributed by atoms with van der Waals surface area (Å²) in [5.41, 5.74) is 19.2. The van der Waals surface area contributed by atoms with Gasteiger partial charge in [0.1, 0.15) is 28.8 Å². The molecule has 0 N–H and O–H groups in total. The van der Waals surface area contributed by atoms with Gasteiger partial charge in [0.25, 0.3) is 6.71 Å². The molecule has 7 nitrogen and oxygen atoms in total. The summed E-state index contributed by atoms with van der Waals surface area (Å²) in [5, 5.41) is 0. The normalized spacial score (nSPS) is 13.3. The van der Waals surface area contributed by atoms with E-state index < -0.39 is 0 Å². The Balaban J connectivity index is 0.797. The van der Waals surface area contributed by atoms with Crippen LogP contribution < -0.4 is 51.4 Å². The van der Waals surface area contributed by atoms with Crippen LogP contribution in [0.2, 0.25) is 0 Å². The van der Waals surface area contributed by atoms with E-state index in [0.717, 1.165) is 102 Å². The van der Waals surface area contributed by atoms with E-state index in [-0.39, 0.29) is 13.4 Å². The average molecular weight is 977 g/mol. The van der Waals surface area contributed by atoms with Gasteiger partial charge in [-0.3, -0.25) is 0 Å². The molecule has 11 heteroatoms. The highest BCUT2D eigenvalue weighted by atomic mass is 32.2. The molecule has 0 amide bonds. The third-order valence-electron chi connectivity index (χ3n) is 15.1. The molecule has 3 aromatic heterocycles. The van der Waals surface area contributed by atoms with Gasteiger partial charge in [0.2, 0.25) is 19.4 Å². The number of ether oxygens (including phenoxy) is 2. The fourth-order valence-corrected chi connectivity index (χ4v) is 14.2. The molecule has 0 spiro atoms. The number of hydrogen-bond donors (Lipinski definition) is 0. The van der Waals surface area contributed by atoms with Gasteiger partial charge in [-0.05, 0) is 95.5 Å². The summed E-state index contributed by atoms with van der Waals surface area (Å²) in [4.78, 5) is 5.16. The number of imidazole rings is 2. The number of nitrogens with zero attached hydrogens (tertiary/aromatic N) is 4. The van der Waals surface area contributed by atoms with Gasteiger partial charge in [0.05, 0.1) is 43.1 Å². The molecule has 4 aliphatic rings. The second-order valence-electron chi connectivity index (χ2n) is 19.3. The summed E-state index contributed by atoms with van der Waals surface area (Å²) in [6.07, 6.45) is 9.10. The number of fused-ring (bicyclic) bond motifs is 8. The molecule has 346 valence electrons. The number of hydrogen-bond acceptors (Lipinski definition) is 5. The van der Waals surface area contributed by atoms with Gasteiger partial charge in [-0.15, -0.1) is 0 Å². The minimum Gasteiger partial charge on any atom is -0.464 e. The van der Waals surface area contributed by atoms with Crippen LogP contribution in [0.4, 0.5) is 0 Å². The molecule has 0 radical (unpaired) electrons. The summed E-state index contributed by atoms with van der Waals surface area (Å²) >= 11 is 3.74. The van der Waals surface area contributed by atoms with Gasteiger partial charge in [-0.1, -0.05) is 162 Å². The van der Waals surface area contributed by atoms with Crippen LogP contribution in [0.25, 0.3) is 56.3 Å². The quantitative estimate of drug-likeness (QED) is 0.0945. The van der Waals surface area contributed by atoms with Crippen LogP contribution in [0.15, 0.2) is 206 Å². The Hall–Kier alpha value is -8.11. The lowest BCUT2D eigenvalue weighted by Crippen LogP contribution is -2.58. The van der Waals surface area contributed by atoms with Crippen molar-refractivity contribution in [2.75, 3.05) is 0 Å².